The average Bonchev–Trinajstić information content (AvgIpc) is 3.16. The number of aromatic nitrogens is 2. The summed E-state index contributed by atoms with van der Waals surface area (Å²) in [6.07, 6.45) is 2.74. The minimum absolute atomic E-state index is 0.0573. The molecule has 0 radical (unpaired) electrons. The molecule has 54 heavy (non-hydrogen) atoms. The Labute approximate surface area is 318 Å². The molecular weight excluding hydrogens is 716 g/mol. The largest absolute Gasteiger partial charge is 0.487 e. The lowest BCUT2D eigenvalue weighted by Gasteiger charge is -2.32. The van der Waals surface area contributed by atoms with E-state index in [2.05, 4.69) is 39.3 Å². The molecule has 0 saturated carbocycles. The monoisotopic (exact) mass is 758 g/mol. The SMILES string of the molecule is CCC(CC)N(CCN(C)C(=O)CCC(=O)O)Cc1cccc(C(=O)Nc2ccc(Cl)nc2C(=O)Nc2ccc(OCc3ccc(C(=O)O)cn3)cc2)c1. The molecule has 4 N–H and O–H groups in total. The summed E-state index contributed by atoms with van der Waals surface area (Å²) in [5.74, 6) is -2.88. The topological polar surface area (TPSA) is 191 Å². The molecule has 0 bridgehead atoms. The van der Waals surface area contributed by atoms with Gasteiger partial charge in [0.15, 0.2) is 5.69 Å². The summed E-state index contributed by atoms with van der Waals surface area (Å²) in [6, 6.07) is 19.9. The first-order valence-electron chi connectivity index (χ1n) is 17.4. The Morgan fingerprint density at radius 1 is 0.852 bits per heavy atom. The van der Waals surface area contributed by atoms with E-state index in [9.17, 15) is 24.0 Å². The number of carboxylic acids is 2. The van der Waals surface area contributed by atoms with Crippen molar-refractivity contribution in [3.63, 3.8) is 0 Å². The zero-order valence-corrected chi connectivity index (χ0v) is 31.0. The summed E-state index contributed by atoms with van der Waals surface area (Å²) in [7, 11) is 1.67. The van der Waals surface area contributed by atoms with Gasteiger partial charge in [-0.3, -0.25) is 29.1 Å². The number of hydrogen-bond acceptors (Lipinski definition) is 9. The highest BCUT2D eigenvalue weighted by Crippen LogP contribution is 2.23. The predicted molar refractivity (Wildman–Crippen MR) is 203 cm³/mol. The molecule has 15 heteroatoms. The lowest BCUT2D eigenvalue weighted by molar-refractivity contribution is -0.140. The maximum atomic E-state index is 13.5. The van der Waals surface area contributed by atoms with Gasteiger partial charge in [-0.05, 0) is 79.1 Å². The fraction of sp³-hybridized carbons (Fsp3) is 0.308. The van der Waals surface area contributed by atoms with Crippen molar-refractivity contribution in [3.8, 4) is 5.75 Å². The Morgan fingerprint density at radius 3 is 2.24 bits per heavy atom. The van der Waals surface area contributed by atoms with E-state index in [-0.39, 0.29) is 53.5 Å². The molecular formula is C39H43ClN6O8. The van der Waals surface area contributed by atoms with E-state index < -0.39 is 23.8 Å². The summed E-state index contributed by atoms with van der Waals surface area (Å²) in [6.45, 7) is 5.79. The summed E-state index contributed by atoms with van der Waals surface area (Å²) >= 11 is 6.15. The van der Waals surface area contributed by atoms with E-state index in [0.29, 0.717) is 42.3 Å². The number of benzene rings is 2. The van der Waals surface area contributed by atoms with Gasteiger partial charge in [0.1, 0.15) is 17.5 Å². The smallest absolute Gasteiger partial charge is 0.337 e. The summed E-state index contributed by atoms with van der Waals surface area (Å²) in [5, 5.41) is 23.6. The number of anilines is 2. The number of carbonyl (C=O) groups is 5. The molecule has 0 aliphatic heterocycles. The highest BCUT2D eigenvalue weighted by Gasteiger charge is 2.21. The Hall–Kier alpha value is -5.86. The molecule has 4 aromatic rings. The Morgan fingerprint density at radius 2 is 1.59 bits per heavy atom. The second kappa shape index (κ2) is 19.8. The van der Waals surface area contributed by atoms with Crippen molar-refractivity contribution in [2.75, 3.05) is 30.8 Å². The van der Waals surface area contributed by atoms with Gasteiger partial charge >= 0.3 is 11.9 Å². The van der Waals surface area contributed by atoms with Gasteiger partial charge in [-0.25, -0.2) is 9.78 Å². The van der Waals surface area contributed by atoms with Crippen LogP contribution in [0.3, 0.4) is 0 Å². The van der Waals surface area contributed by atoms with Crippen molar-refractivity contribution in [1.82, 2.24) is 19.8 Å². The first-order valence-corrected chi connectivity index (χ1v) is 17.7. The fourth-order valence-electron chi connectivity index (χ4n) is 5.57. The van der Waals surface area contributed by atoms with Crippen molar-refractivity contribution in [3.05, 3.63) is 112 Å². The van der Waals surface area contributed by atoms with Crippen molar-refractivity contribution in [2.45, 2.75) is 58.7 Å². The zero-order valence-electron chi connectivity index (χ0n) is 30.3. The van der Waals surface area contributed by atoms with Gasteiger partial charge in [-0.1, -0.05) is 37.6 Å². The van der Waals surface area contributed by atoms with E-state index in [0.717, 1.165) is 18.4 Å². The van der Waals surface area contributed by atoms with Crippen LogP contribution in [0.1, 0.15) is 82.0 Å². The van der Waals surface area contributed by atoms with E-state index in [1.165, 1.54) is 24.4 Å². The number of hydrogen-bond donors (Lipinski definition) is 4. The highest BCUT2D eigenvalue weighted by atomic mass is 35.5. The van der Waals surface area contributed by atoms with Crippen LogP contribution in [0, 0.1) is 0 Å². The quantitative estimate of drug-likeness (QED) is 0.0794. The minimum Gasteiger partial charge on any atom is -0.487 e. The molecule has 3 amide bonds. The molecule has 0 aliphatic carbocycles. The molecule has 4 rings (SSSR count). The van der Waals surface area contributed by atoms with Crippen LogP contribution in [0.25, 0.3) is 0 Å². The Balaban J connectivity index is 1.40. The molecule has 0 saturated heterocycles. The highest BCUT2D eigenvalue weighted by molar-refractivity contribution is 6.29. The van der Waals surface area contributed by atoms with Crippen LogP contribution >= 0.6 is 11.6 Å². The number of rotatable bonds is 19. The number of ether oxygens (including phenoxy) is 1. The van der Waals surface area contributed by atoms with Crippen LogP contribution in [-0.4, -0.2) is 85.8 Å². The van der Waals surface area contributed by atoms with Gasteiger partial charge in [0.25, 0.3) is 11.8 Å². The maximum absolute atomic E-state index is 13.5. The van der Waals surface area contributed by atoms with Crippen molar-refractivity contribution in [2.24, 2.45) is 0 Å². The molecule has 2 heterocycles. The van der Waals surface area contributed by atoms with Crippen LogP contribution < -0.4 is 15.4 Å². The number of pyridine rings is 2. The van der Waals surface area contributed by atoms with Crippen molar-refractivity contribution in [1.29, 1.82) is 0 Å². The van der Waals surface area contributed by atoms with Gasteiger partial charge in [0, 0.05) is 56.6 Å². The molecule has 284 valence electrons. The van der Waals surface area contributed by atoms with Gasteiger partial charge in [0.05, 0.1) is 23.4 Å². The Kier molecular flexibility index (Phi) is 15.0. The van der Waals surface area contributed by atoms with Crippen LogP contribution in [0.2, 0.25) is 5.15 Å². The van der Waals surface area contributed by atoms with Crippen LogP contribution in [0.4, 0.5) is 11.4 Å². The van der Waals surface area contributed by atoms with Gasteiger partial charge in [-0.2, -0.15) is 0 Å². The third kappa shape index (κ3) is 12.1. The number of aromatic carboxylic acids is 1. The summed E-state index contributed by atoms with van der Waals surface area (Å²) in [5.41, 5.74) is 2.35. The van der Waals surface area contributed by atoms with E-state index in [4.69, 9.17) is 26.6 Å². The third-order valence-electron chi connectivity index (χ3n) is 8.63. The van der Waals surface area contributed by atoms with Crippen molar-refractivity contribution >= 4 is 52.6 Å². The molecule has 0 fully saturated rings. The number of carboxylic acid groups (broad SMARTS) is 2. The standard InChI is InChI=1S/C39H43ClN6O8/c1-4-30(5-2)46(20-19-45(3)34(47)17-18-35(48)49)23-25-7-6-8-26(21-25)37(50)43-32-15-16-33(40)44-36(32)38(51)42-28-11-13-31(14-12-28)54-24-29-10-9-27(22-41-29)39(52)53/h6-16,21-22,30H,4-5,17-20,23-24H2,1-3H3,(H,42,51)(H,43,50)(H,48,49)(H,52,53). The molecule has 0 aliphatic rings. The predicted octanol–water partition coefficient (Wildman–Crippen LogP) is 6.23. The van der Waals surface area contributed by atoms with E-state index in [1.807, 2.05) is 6.07 Å². The fourth-order valence-corrected chi connectivity index (χ4v) is 5.72. The van der Waals surface area contributed by atoms with Crippen LogP contribution in [-0.2, 0) is 22.7 Å². The lowest BCUT2D eigenvalue weighted by Crippen LogP contribution is -2.41. The number of nitrogens with one attached hydrogen (secondary N) is 2. The number of carbonyl (C=O) groups excluding carboxylic acids is 3. The minimum atomic E-state index is -1.07. The van der Waals surface area contributed by atoms with E-state index in [1.54, 1.807) is 60.5 Å². The van der Waals surface area contributed by atoms with Crippen LogP contribution in [0.15, 0.2) is 79.0 Å². The van der Waals surface area contributed by atoms with Gasteiger partial charge in [0.2, 0.25) is 5.91 Å². The molecule has 0 atom stereocenters. The normalized spacial score (nSPS) is 10.9. The van der Waals surface area contributed by atoms with E-state index >= 15 is 0 Å². The third-order valence-corrected chi connectivity index (χ3v) is 8.84. The molecule has 14 nitrogen and oxygen atoms in total. The molecule has 2 aromatic heterocycles. The number of amides is 3. The van der Waals surface area contributed by atoms with Crippen molar-refractivity contribution < 1.29 is 38.9 Å². The molecule has 2 aromatic carbocycles. The zero-order chi connectivity index (χ0) is 39.2. The first-order chi connectivity index (χ1) is 25.9. The number of likely N-dealkylation sites (N-methyl/N-ethyl adjacent to an activating group) is 1. The average molecular weight is 759 g/mol. The summed E-state index contributed by atoms with van der Waals surface area (Å²) in [4.78, 5) is 73.3. The number of aliphatic carboxylic acids is 1. The molecule has 0 spiro atoms. The Bertz CT molecular complexity index is 1940. The second-order valence-corrected chi connectivity index (χ2v) is 12.8. The molecule has 0 unspecified atom stereocenters. The lowest BCUT2D eigenvalue weighted by atomic mass is 10.1. The second-order valence-electron chi connectivity index (χ2n) is 12.4. The number of nitrogens with zero attached hydrogens (tertiary/aromatic N) is 4. The summed E-state index contributed by atoms with van der Waals surface area (Å²) < 4.78 is 5.72. The maximum Gasteiger partial charge on any atom is 0.337 e. The first kappa shape index (κ1) is 40.9. The van der Waals surface area contributed by atoms with Gasteiger partial charge in [-0.15, -0.1) is 0 Å². The van der Waals surface area contributed by atoms with Gasteiger partial charge < -0.3 is 30.5 Å². The van der Waals surface area contributed by atoms with Crippen LogP contribution in [0.5, 0.6) is 5.75 Å². The number of halogens is 1.